The minimum Gasteiger partial charge on any atom is -0.484 e. The second-order valence-electron chi connectivity index (χ2n) is 7.33. The zero-order valence-electron chi connectivity index (χ0n) is 15.0. The molecule has 1 aliphatic heterocycles. The van der Waals surface area contributed by atoms with Crippen LogP contribution < -0.4 is 4.74 Å². The lowest BCUT2D eigenvalue weighted by Crippen LogP contribution is -2.17. The topological polar surface area (TPSA) is 82.0 Å². The number of nitrogens with zero attached hydrogens (tertiary/aromatic N) is 1. The molecule has 0 spiro atoms. The minimum atomic E-state index is -0.513. The molecule has 1 saturated heterocycles. The minimum absolute atomic E-state index is 0.0319. The summed E-state index contributed by atoms with van der Waals surface area (Å²) in [5, 5.41) is 11.2. The summed E-state index contributed by atoms with van der Waals surface area (Å²) in [5.74, 6) is -0.0949. The highest BCUT2D eigenvalue weighted by atomic mass is 16.6. The molecule has 0 bridgehead atoms. The summed E-state index contributed by atoms with van der Waals surface area (Å²) in [5.41, 5.74) is 1.52. The van der Waals surface area contributed by atoms with Gasteiger partial charge in [-0.05, 0) is 23.1 Å². The number of rotatable bonds is 6. The largest absolute Gasteiger partial charge is 0.484 e. The van der Waals surface area contributed by atoms with Crippen LogP contribution in [0.15, 0.2) is 42.5 Å². The lowest BCUT2D eigenvalue weighted by Gasteiger charge is -2.22. The molecular weight excluding hydrogens is 334 g/mol. The standard InChI is InChI=1S/C20H21NO5/c1-20(2,3)16-7-5-4-6-15(16)19(22)13-8-9-17(21(23)24)18(10-13)26-12-14-11-25-14/h4-10,14H,11-12H2,1-3H3. The molecule has 1 aliphatic rings. The molecule has 1 atom stereocenters. The molecule has 6 heteroatoms. The number of ketones is 1. The maximum atomic E-state index is 13.0. The van der Waals surface area contributed by atoms with Crippen molar-refractivity contribution in [2.75, 3.05) is 13.2 Å². The molecule has 1 fully saturated rings. The van der Waals surface area contributed by atoms with E-state index in [-0.39, 0.29) is 35.3 Å². The molecule has 0 N–H and O–H groups in total. The van der Waals surface area contributed by atoms with Crippen LogP contribution in [0.3, 0.4) is 0 Å². The van der Waals surface area contributed by atoms with E-state index in [9.17, 15) is 14.9 Å². The molecular formula is C20H21NO5. The Hall–Kier alpha value is -2.73. The van der Waals surface area contributed by atoms with Gasteiger partial charge in [-0.15, -0.1) is 0 Å². The lowest BCUT2D eigenvalue weighted by atomic mass is 9.82. The molecule has 6 nitrogen and oxygen atoms in total. The molecule has 2 aromatic carbocycles. The van der Waals surface area contributed by atoms with E-state index in [2.05, 4.69) is 0 Å². The van der Waals surface area contributed by atoms with Crippen LogP contribution in [0.2, 0.25) is 0 Å². The third kappa shape index (κ3) is 3.91. The smallest absolute Gasteiger partial charge is 0.310 e. The summed E-state index contributed by atoms with van der Waals surface area (Å²) >= 11 is 0. The molecule has 0 aromatic heterocycles. The number of nitro groups is 1. The van der Waals surface area contributed by atoms with Crippen molar-refractivity contribution in [1.82, 2.24) is 0 Å². The van der Waals surface area contributed by atoms with Crippen LogP contribution in [0.25, 0.3) is 0 Å². The van der Waals surface area contributed by atoms with Gasteiger partial charge in [-0.2, -0.15) is 0 Å². The first-order valence-electron chi connectivity index (χ1n) is 8.44. The van der Waals surface area contributed by atoms with E-state index in [0.717, 1.165) is 5.56 Å². The van der Waals surface area contributed by atoms with Crippen molar-refractivity contribution >= 4 is 11.5 Å². The third-order valence-corrected chi connectivity index (χ3v) is 4.23. The number of epoxide rings is 1. The Morgan fingerprint density at radius 2 is 1.96 bits per heavy atom. The van der Waals surface area contributed by atoms with Gasteiger partial charge < -0.3 is 9.47 Å². The Bertz CT molecular complexity index is 850. The Kier molecular flexibility index (Phi) is 4.78. The van der Waals surface area contributed by atoms with Gasteiger partial charge in [-0.3, -0.25) is 14.9 Å². The van der Waals surface area contributed by atoms with Crippen molar-refractivity contribution in [3.8, 4) is 5.75 Å². The number of ether oxygens (including phenoxy) is 2. The maximum absolute atomic E-state index is 13.0. The summed E-state index contributed by atoms with van der Waals surface area (Å²) in [6.45, 7) is 6.94. The third-order valence-electron chi connectivity index (χ3n) is 4.23. The molecule has 1 heterocycles. The van der Waals surface area contributed by atoms with Crippen molar-refractivity contribution in [1.29, 1.82) is 0 Å². The Morgan fingerprint density at radius 1 is 1.27 bits per heavy atom. The molecule has 0 radical (unpaired) electrons. The molecule has 26 heavy (non-hydrogen) atoms. The first-order valence-corrected chi connectivity index (χ1v) is 8.44. The van der Waals surface area contributed by atoms with Crippen molar-refractivity contribution in [2.24, 2.45) is 0 Å². The highest BCUT2D eigenvalue weighted by Gasteiger charge is 2.27. The van der Waals surface area contributed by atoms with Crippen LogP contribution in [-0.2, 0) is 10.2 Å². The van der Waals surface area contributed by atoms with Crippen molar-refractivity contribution < 1.29 is 19.2 Å². The predicted octanol–water partition coefficient (Wildman–Crippen LogP) is 3.90. The van der Waals surface area contributed by atoms with Crippen molar-refractivity contribution in [3.63, 3.8) is 0 Å². The SMILES string of the molecule is CC(C)(C)c1ccccc1C(=O)c1ccc([N+](=O)[O-])c(OCC2CO2)c1. The number of carbonyl (C=O) groups is 1. The van der Waals surface area contributed by atoms with Crippen LogP contribution in [0.5, 0.6) is 5.75 Å². The van der Waals surface area contributed by atoms with E-state index in [1.807, 2.05) is 39.0 Å². The van der Waals surface area contributed by atoms with E-state index in [1.54, 1.807) is 6.07 Å². The average Bonchev–Trinajstić information content (AvgIpc) is 3.42. The highest BCUT2D eigenvalue weighted by Crippen LogP contribution is 2.32. The van der Waals surface area contributed by atoms with Gasteiger partial charge in [-0.1, -0.05) is 45.0 Å². The second kappa shape index (κ2) is 6.88. The number of carbonyl (C=O) groups excluding carboxylic acids is 1. The average molecular weight is 355 g/mol. The fraction of sp³-hybridized carbons (Fsp3) is 0.350. The molecule has 0 amide bonds. The lowest BCUT2D eigenvalue weighted by molar-refractivity contribution is -0.385. The van der Waals surface area contributed by atoms with Gasteiger partial charge in [-0.25, -0.2) is 0 Å². The Balaban J connectivity index is 1.97. The quantitative estimate of drug-likeness (QED) is 0.340. The van der Waals surface area contributed by atoms with E-state index >= 15 is 0 Å². The first-order chi connectivity index (χ1) is 12.3. The monoisotopic (exact) mass is 355 g/mol. The van der Waals surface area contributed by atoms with Crippen LogP contribution in [0.4, 0.5) is 5.69 Å². The molecule has 136 valence electrons. The van der Waals surface area contributed by atoms with E-state index in [4.69, 9.17) is 9.47 Å². The van der Waals surface area contributed by atoms with Crippen LogP contribution in [0.1, 0.15) is 42.3 Å². The number of hydrogen-bond donors (Lipinski definition) is 0. The predicted molar refractivity (Wildman–Crippen MR) is 96.9 cm³/mol. The number of hydrogen-bond acceptors (Lipinski definition) is 5. The summed E-state index contributed by atoms with van der Waals surface area (Å²) in [6.07, 6.45) is -0.0319. The maximum Gasteiger partial charge on any atom is 0.310 e. The second-order valence-corrected chi connectivity index (χ2v) is 7.33. The summed E-state index contributed by atoms with van der Waals surface area (Å²) in [6, 6.07) is 11.7. The van der Waals surface area contributed by atoms with Crippen molar-refractivity contribution in [3.05, 3.63) is 69.3 Å². The van der Waals surface area contributed by atoms with Gasteiger partial charge in [0.25, 0.3) is 0 Å². The molecule has 0 saturated carbocycles. The van der Waals surface area contributed by atoms with E-state index in [1.165, 1.54) is 18.2 Å². The van der Waals surface area contributed by atoms with E-state index in [0.29, 0.717) is 17.7 Å². The van der Waals surface area contributed by atoms with Gasteiger partial charge in [0.1, 0.15) is 12.7 Å². The van der Waals surface area contributed by atoms with Gasteiger partial charge in [0.15, 0.2) is 11.5 Å². The number of nitro benzene ring substituents is 1. The highest BCUT2D eigenvalue weighted by molar-refractivity contribution is 6.10. The van der Waals surface area contributed by atoms with Crippen LogP contribution in [0, 0.1) is 10.1 Å². The fourth-order valence-electron chi connectivity index (χ4n) is 2.76. The Morgan fingerprint density at radius 3 is 2.58 bits per heavy atom. The molecule has 1 unspecified atom stereocenters. The summed E-state index contributed by atoms with van der Waals surface area (Å²) in [7, 11) is 0. The molecule has 3 rings (SSSR count). The molecule has 2 aromatic rings. The van der Waals surface area contributed by atoms with Gasteiger partial charge >= 0.3 is 5.69 Å². The van der Waals surface area contributed by atoms with Gasteiger partial charge in [0, 0.05) is 17.2 Å². The Labute approximate surface area is 151 Å². The van der Waals surface area contributed by atoms with Gasteiger partial charge in [0.05, 0.1) is 11.5 Å². The van der Waals surface area contributed by atoms with Gasteiger partial charge in [0.2, 0.25) is 0 Å². The zero-order chi connectivity index (χ0) is 18.9. The number of benzene rings is 2. The molecule has 0 aliphatic carbocycles. The fourth-order valence-corrected chi connectivity index (χ4v) is 2.76. The van der Waals surface area contributed by atoms with E-state index < -0.39 is 4.92 Å². The van der Waals surface area contributed by atoms with Crippen LogP contribution in [-0.4, -0.2) is 30.0 Å². The summed E-state index contributed by atoms with van der Waals surface area (Å²) < 4.78 is 10.6. The first kappa shape index (κ1) is 18.1. The zero-order valence-corrected chi connectivity index (χ0v) is 15.0. The summed E-state index contributed by atoms with van der Waals surface area (Å²) in [4.78, 5) is 23.8. The van der Waals surface area contributed by atoms with Crippen molar-refractivity contribution in [2.45, 2.75) is 32.3 Å². The van der Waals surface area contributed by atoms with Crippen LogP contribution >= 0.6 is 0 Å². The normalized spacial score (nSPS) is 16.2.